The van der Waals surface area contributed by atoms with Gasteiger partial charge in [0.25, 0.3) is 5.91 Å². The highest BCUT2D eigenvalue weighted by Crippen LogP contribution is 2.17. The lowest BCUT2D eigenvalue weighted by Gasteiger charge is -2.32. The Bertz CT molecular complexity index is 1040. The van der Waals surface area contributed by atoms with Gasteiger partial charge in [0.2, 0.25) is 5.91 Å². The second-order valence-corrected chi connectivity index (χ2v) is 8.27. The minimum absolute atomic E-state index is 0.0186. The zero-order chi connectivity index (χ0) is 24.3. The number of amides is 2. The molecule has 0 aliphatic heterocycles. The van der Waals surface area contributed by atoms with E-state index < -0.39 is 6.04 Å². The van der Waals surface area contributed by atoms with Crippen molar-refractivity contribution < 1.29 is 18.7 Å². The lowest BCUT2D eigenvalue weighted by Crippen LogP contribution is -2.53. The van der Waals surface area contributed by atoms with Gasteiger partial charge in [-0.15, -0.1) is 0 Å². The van der Waals surface area contributed by atoms with Gasteiger partial charge in [0, 0.05) is 19.0 Å². The molecule has 1 N–H and O–H groups in total. The van der Waals surface area contributed by atoms with Crippen molar-refractivity contribution in [3.63, 3.8) is 0 Å². The lowest BCUT2D eigenvalue weighted by molar-refractivity contribution is -0.143. The summed E-state index contributed by atoms with van der Waals surface area (Å²) < 4.78 is 18.9. The Morgan fingerprint density at radius 2 is 1.50 bits per heavy atom. The first-order valence-electron chi connectivity index (χ1n) is 11.5. The Balaban J connectivity index is 1.88. The summed E-state index contributed by atoms with van der Waals surface area (Å²) in [6.07, 6.45) is 1.16. The van der Waals surface area contributed by atoms with Crippen molar-refractivity contribution in [3.05, 3.63) is 102 Å². The van der Waals surface area contributed by atoms with Crippen LogP contribution in [0.2, 0.25) is 0 Å². The molecule has 0 radical (unpaired) electrons. The van der Waals surface area contributed by atoms with Crippen LogP contribution in [0.15, 0.2) is 84.9 Å². The number of halogens is 1. The van der Waals surface area contributed by atoms with Crippen LogP contribution in [-0.2, 0) is 22.6 Å². The van der Waals surface area contributed by atoms with Crippen LogP contribution in [0.5, 0.6) is 5.75 Å². The summed E-state index contributed by atoms with van der Waals surface area (Å²) >= 11 is 0. The second kappa shape index (κ2) is 12.5. The van der Waals surface area contributed by atoms with Crippen LogP contribution >= 0.6 is 0 Å². The van der Waals surface area contributed by atoms with Gasteiger partial charge in [0.15, 0.2) is 6.61 Å². The van der Waals surface area contributed by atoms with Crippen molar-refractivity contribution in [1.82, 2.24) is 10.2 Å². The summed E-state index contributed by atoms with van der Waals surface area (Å²) in [5.41, 5.74) is 1.86. The van der Waals surface area contributed by atoms with Gasteiger partial charge in [0.05, 0.1) is 0 Å². The van der Waals surface area contributed by atoms with Crippen LogP contribution in [0.1, 0.15) is 31.4 Å². The molecule has 34 heavy (non-hydrogen) atoms. The molecule has 0 spiro atoms. The Morgan fingerprint density at radius 1 is 0.912 bits per heavy atom. The number of nitrogens with one attached hydrogen (secondary N) is 1. The van der Waals surface area contributed by atoms with E-state index >= 15 is 0 Å². The fourth-order valence-electron chi connectivity index (χ4n) is 3.53. The van der Waals surface area contributed by atoms with E-state index in [1.165, 1.54) is 24.3 Å². The largest absolute Gasteiger partial charge is 0.484 e. The Hall–Kier alpha value is -3.67. The fraction of sp³-hybridized carbons (Fsp3) is 0.286. The molecular weight excluding hydrogens is 431 g/mol. The molecule has 2 amide bonds. The number of carbonyl (C=O) groups excluding carboxylic acids is 2. The number of benzene rings is 3. The van der Waals surface area contributed by atoms with Gasteiger partial charge < -0.3 is 15.0 Å². The first-order valence-corrected chi connectivity index (χ1v) is 11.5. The minimum Gasteiger partial charge on any atom is -0.484 e. The molecule has 0 unspecified atom stereocenters. The highest BCUT2D eigenvalue weighted by Gasteiger charge is 2.31. The summed E-state index contributed by atoms with van der Waals surface area (Å²) in [6.45, 7) is 3.94. The van der Waals surface area contributed by atoms with Gasteiger partial charge in [-0.25, -0.2) is 4.39 Å². The van der Waals surface area contributed by atoms with Crippen molar-refractivity contribution >= 4 is 11.8 Å². The van der Waals surface area contributed by atoms with Crippen molar-refractivity contribution in [2.45, 2.75) is 45.3 Å². The molecule has 0 saturated heterocycles. The Morgan fingerprint density at radius 3 is 2.09 bits per heavy atom. The lowest BCUT2D eigenvalue weighted by atomic mass is 10.0. The molecule has 3 aromatic rings. The van der Waals surface area contributed by atoms with Crippen molar-refractivity contribution in [3.8, 4) is 5.75 Å². The number of hydrogen-bond donors (Lipinski definition) is 1. The van der Waals surface area contributed by atoms with E-state index in [0.29, 0.717) is 12.2 Å². The SMILES string of the molecule is CC[C@H](C)NC(=O)[C@@H](Cc1ccccc1)N(Cc1ccccc1)C(=O)COc1ccc(F)cc1. The predicted molar refractivity (Wildman–Crippen MR) is 131 cm³/mol. The highest BCUT2D eigenvalue weighted by atomic mass is 19.1. The third-order valence-corrected chi connectivity index (χ3v) is 5.64. The number of rotatable bonds is 11. The third-order valence-electron chi connectivity index (χ3n) is 5.64. The average Bonchev–Trinajstić information content (AvgIpc) is 2.86. The summed E-state index contributed by atoms with van der Waals surface area (Å²) in [4.78, 5) is 28.4. The molecule has 3 aromatic carbocycles. The Labute approximate surface area is 200 Å². The van der Waals surface area contributed by atoms with Gasteiger partial charge in [-0.3, -0.25) is 9.59 Å². The second-order valence-electron chi connectivity index (χ2n) is 8.27. The summed E-state index contributed by atoms with van der Waals surface area (Å²) in [5, 5.41) is 3.04. The molecule has 2 atom stereocenters. The molecule has 0 aliphatic carbocycles. The van der Waals surface area contributed by atoms with Gasteiger partial charge in [0.1, 0.15) is 17.6 Å². The summed E-state index contributed by atoms with van der Waals surface area (Å²) in [6, 6.07) is 24.0. The van der Waals surface area contributed by atoms with Crippen molar-refractivity contribution in [2.24, 2.45) is 0 Å². The van der Waals surface area contributed by atoms with Gasteiger partial charge in [-0.2, -0.15) is 0 Å². The van der Waals surface area contributed by atoms with E-state index in [0.717, 1.165) is 17.5 Å². The monoisotopic (exact) mass is 462 g/mol. The first kappa shape index (κ1) is 25.0. The molecule has 0 aliphatic rings. The van der Waals surface area contributed by atoms with E-state index in [2.05, 4.69) is 5.32 Å². The van der Waals surface area contributed by atoms with Crippen LogP contribution in [-0.4, -0.2) is 35.4 Å². The van der Waals surface area contributed by atoms with E-state index in [-0.39, 0.29) is 36.8 Å². The predicted octanol–water partition coefficient (Wildman–Crippen LogP) is 4.76. The van der Waals surface area contributed by atoms with Crippen LogP contribution in [0.25, 0.3) is 0 Å². The topological polar surface area (TPSA) is 58.6 Å². The molecule has 3 rings (SSSR count). The smallest absolute Gasteiger partial charge is 0.261 e. The molecule has 0 heterocycles. The molecular formula is C28H31FN2O3. The van der Waals surface area contributed by atoms with Crippen LogP contribution in [0, 0.1) is 5.82 Å². The third kappa shape index (κ3) is 7.44. The number of nitrogens with zero attached hydrogens (tertiary/aromatic N) is 1. The zero-order valence-corrected chi connectivity index (χ0v) is 19.6. The molecule has 0 fully saturated rings. The van der Waals surface area contributed by atoms with E-state index in [1.54, 1.807) is 4.90 Å². The normalized spacial score (nSPS) is 12.4. The standard InChI is InChI=1S/C28H31FN2O3/c1-3-21(2)30-28(33)26(18-22-10-6-4-7-11-22)31(19-23-12-8-5-9-13-23)27(32)20-34-25-16-14-24(29)15-17-25/h4-17,21,26H,3,18-20H2,1-2H3,(H,30,33)/t21-,26+/m0/s1. The molecule has 178 valence electrons. The van der Waals surface area contributed by atoms with E-state index in [1.807, 2.05) is 74.5 Å². The summed E-state index contributed by atoms with van der Waals surface area (Å²) in [5.74, 6) is -0.523. The van der Waals surface area contributed by atoms with Crippen LogP contribution in [0.3, 0.4) is 0 Å². The van der Waals surface area contributed by atoms with Crippen molar-refractivity contribution in [1.29, 1.82) is 0 Å². The van der Waals surface area contributed by atoms with E-state index in [9.17, 15) is 14.0 Å². The maximum atomic E-state index is 13.4. The molecule has 0 aromatic heterocycles. The van der Waals surface area contributed by atoms with Crippen LogP contribution < -0.4 is 10.1 Å². The van der Waals surface area contributed by atoms with Gasteiger partial charge >= 0.3 is 0 Å². The number of hydrogen-bond acceptors (Lipinski definition) is 3. The van der Waals surface area contributed by atoms with Gasteiger partial charge in [-0.05, 0) is 48.7 Å². The average molecular weight is 463 g/mol. The van der Waals surface area contributed by atoms with E-state index in [4.69, 9.17) is 4.74 Å². The minimum atomic E-state index is -0.721. The van der Waals surface area contributed by atoms with Crippen LogP contribution in [0.4, 0.5) is 4.39 Å². The molecule has 0 bridgehead atoms. The highest BCUT2D eigenvalue weighted by molar-refractivity contribution is 5.88. The maximum Gasteiger partial charge on any atom is 0.261 e. The van der Waals surface area contributed by atoms with Crippen molar-refractivity contribution in [2.75, 3.05) is 6.61 Å². The Kier molecular flexibility index (Phi) is 9.21. The molecule has 5 nitrogen and oxygen atoms in total. The first-order chi connectivity index (χ1) is 16.5. The molecule has 0 saturated carbocycles. The quantitative estimate of drug-likeness (QED) is 0.447. The summed E-state index contributed by atoms with van der Waals surface area (Å²) in [7, 11) is 0. The van der Waals surface area contributed by atoms with Gasteiger partial charge in [-0.1, -0.05) is 67.6 Å². The molecule has 6 heteroatoms. The number of carbonyl (C=O) groups is 2. The zero-order valence-electron chi connectivity index (χ0n) is 19.6. The maximum absolute atomic E-state index is 13.4. The number of ether oxygens (including phenoxy) is 1. The fourth-order valence-corrected chi connectivity index (χ4v) is 3.53.